The van der Waals surface area contributed by atoms with Crippen LogP contribution < -0.4 is 5.32 Å². The molecule has 2 heterocycles. The molecule has 1 aromatic heterocycles. The summed E-state index contributed by atoms with van der Waals surface area (Å²) in [7, 11) is 0. The maximum absolute atomic E-state index is 12.3. The van der Waals surface area contributed by atoms with Crippen molar-refractivity contribution in [1.29, 1.82) is 0 Å². The largest absolute Gasteiger partial charge is 0.336 e. The van der Waals surface area contributed by atoms with Gasteiger partial charge in [-0.05, 0) is 28.8 Å². The summed E-state index contributed by atoms with van der Waals surface area (Å²) < 4.78 is 1.30. The van der Waals surface area contributed by atoms with Crippen molar-refractivity contribution < 1.29 is 4.79 Å². The molecule has 19 heavy (non-hydrogen) atoms. The third-order valence-corrected chi connectivity index (χ3v) is 4.73. The number of thiophene rings is 1. The van der Waals surface area contributed by atoms with E-state index in [0.717, 1.165) is 26.1 Å². The zero-order valence-electron chi connectivity index (χ0n) is 11.1. The predicted molar refractivity (Wildman–Crippen MR) is 79.3 cm³/mol. The number of fused-ring (bicyclic) bond motifs is 1. The molecule has 3 rings (SSSR count). The molecule has 1 N–H and O–H groups in total. The van der Waals surface area contributed by atoms with E-state index in [0.29, 0.717) is 0 Å². The van der Waals surface area contributed by atoms with Crippen molar-refractivity contribution >= 4 is 27.3 Å². The van der Waals surface area contributed by atoms with Crippen LogP contribution in [0.2, 0.25) is 0 Å². The van der Waals surface area contributed by atoms with Crippen molar-refractivity contribution in [3.05, 3.63) is 35.2 Å². The Bertz CT molecular complexity index is 593. The zero-order valence-corrected chi connectivity index (χ0v) is 11.9. The Hall–Kier alpha value is -1.39. The molecule has 1 aliphatic heterocycles. The molecule has 1 amide bonds. The highest BCUT2D eigenvalue weighted by atomic mass is 32.1. The Morgan fingerprint density at radius 3 is 3.11 bits per heavy atom. The highest BCUT2D eigenvalue weighted by Gasteiger charge is 2.27. The summed E-state index contributed by atoms with van der Waals surface area (Å²) in [6.45, 7) is 4.49. The number of hydrogen-bond donors (Lipinski definition) is 1. The van der Waals surface area contributed by atoms with Gasteiger partial charge in [-0.15, -0.1) is 11.3 Å². The van der Waals surface area contributed by atoms with Crippen LogP contribution in [-0.2, 0) is 11.3 Å². The lowest BCUT2D eigenvalue weighted by atomic mass is 10.1. The van der Waals surface area contributed by atoms with Gasteiger partial charge in [-0.25, -0.2) is 0 Å². The van der Waals surface area contributed by atoms with Gasteiger partial charge in [0.15, 0.2) is 0 Å². The van der Waals surface area contributed by atoms with Crippen LogP contribution in [0.15, 0.2) is 29.6 Å². The van der Waals surface area contributed by atoms with Crippen molar-refractivity contribution in [1.82, 2.24) is 10.2 Å². The molecule has 2 aromatic rings. The maximum Gasteiger partial charge on any atom is 0.240 e. The second-order valence-electron chi connectivity index (χ2n) is 4.93. The molecule has 1 aromatic carbocycles. The van der Waals surface area contributed by atoms with Gasteiger partial charge in [0.1, 0.15) is 0 Å². The molecule has 0 radical (unpaired) electrons. The highest BCUT2D eigenvalue weighted by Crippen LogP contribution is 2.27. The van der Waals surface area contributed by atoms with E-state index in [1.54, 1.807) is 11.3 Å². The molecular weight excluding hydrogens is 256 g/mol. The third kappa shape index (κ3) is 2.38. The molecule has 3 nitrogen and oxygen atoms in total. The Morgan fingerprint density at radius 2 is 2.26 bits per heavy atom. The summed E-state index contributed by atoms with van der Waals surface area (Å²) in [6, 6.07) is 8.40. The third-order valence-electron chi connectivity index (χ3n) is 3.71. The van der Waals surface area contributed by atoms with Gasteiger partial charge in [-0.2, -0.15) is 0 Å². The summed E-state index contributed by atoms with van der Waals surface area (Å²) >= 11 is 1.76. The van der Waals surface area contributed by atoms with Gasteiger partial charge in [0.2, 0.25) is 5.91 Å². The van der Waals surface area contributed by atoms with E-state index in [1.165, 1.54) is 15.6 Å². The Kier molecular flexibility index (Phi) is 3.53. The topological polar surface area (TPSA) is 32.3 Å². The molecule has 0 aliphatic carbocycles. The van der Waals surface area contributed by atoms with Crippen molar-refractivity contribution in [3.63, 3.8) is 0 Å². The minimum atomic E-state index is -0.00125. The van der Waals surface area contributed by atoms with Gasteiger partial charge < -0.3 is 10.2 Å². The van der Waals surface area contributed by atoms with Crippen molar-refractivity contribution in [3.8, 4) is 0 Å². The Morgan fingerprint density at radius 1 is 1.42 bits per heavy atom. The molecule has 100 valence electrons. The average Bonchev–Trinajstić information content (AvgIpc) is 2.85. The minimum Gasteiger partial charge on any atom is -0.336 e. The van der Waals surface area contributed by atoms with E-state index in [-0.39, 0.29) is 11.9 Å². The molecule has 1 saturated heterocycles. The van der Waals surface area contributed by atoms with Crippen LogP contribution in [0.1, 0.15) is 18.9 Å². The fourth-order valence-electron chi connectivity index (χ4n) is 2.63. The minimum absolute atomic E-state index is 0.00125. The van der Waals surface area contributed by atoms with Gasteiger partial charge in [0.05, 0.1) is 6.04 Å². The fourth-order valence-corrected chi connectivity index (χ4v) is 3.58. The number of carbonyl (C=O) groups excluding carboxylic acids is 1. The molecular formula is C15H18N2OS. The molecule has 1 aliphatic rings. The van der Waals surface area contributed by atoms with Crippen LogP contribution in [0, 0.1) is 0 Å². The van der Waals surface area contributed by atoms with Crippen molar-refractivity contribution in [2.75, 3.05) is 13.1 Å². The predicted octanol–water partition coefficient (Wildman–Crippen LogP) is 2.61. The number of benzene rings is 1. The van der Waals surface area contributed by atoms with Crippen LogP contribution in [-0.4, -0.2) is 29.9 Å². The quantitative estimate of drug-likeness (QED) is 0.933. The van der Waals surface area contributed by atoms with E-state index in [2.05, 4.69) is 41.9 Å². The SMILES string of the molecule is CCC1NCCN(Cc2csc3ccccc23)C1=O. The first-order valence-electron chi connectivity index (χ1n) is 6.77. The van der Waals surface area contributed by atoms with Gasteiger partial charge in [-0.1, -0.05) is 25.1 Å². The maximum atomic E-state index is 12.3. The lowest BCUT2D eigenvalue weighted by Gasteiger charge is -2.32. The highest BCUT2D eigenvalue weighted by molar-refractivity contribution is 7.17. The normalized spacial score (nSPS) is 20.2. The molecule has 1 atom stereocenters. The number of rotatable bonds is 3. The lowest BCUT2D eigenvalue weighted by Crippen LogP contribution is -2.54. The molecule has 0 saturated carbocycles. The number of nitrogens with one attached hydrogen (secondary N) is 1. The number of amides is 1. The van der Waals surface area contributed by atoms with Gasteiger partial charge in [0, 0.05) is 24.3 Å². The second kappa shape index (κ2) is 5.31. The number of carbonyl (C=O) groups is 1. The molecule has 4 heteroatoms. The molecule has 0 spiro atoms. The van der Waals surface area contributed by atoms with E-state index in [9.17, 15) is 4.79 Å². The van der Waals surface area contributed by atoms with Gasteiger partial charge in [-0.3, -0.25) is 4.79 Å². The van der Waals surface area contributed by atoms with E-state index >= 15 is 0 Å². The van der Waals surface area contributed by atoms with Crippen LogP contribution in [0.4, 0.5) is 0 Å². The summed E-state index contributed by atoms with van der Waals surface area (Å²) in [6.07, 6.45) is 0.861. The summed E-state index contributed by atoms with van der Waals surface area (Å²) in [4.78, 5) is 14.3. The number of nitrogens with zero attached hydrogens (tertiary/aromatic N) is 1. The second-order valence-corrected chi connectivity index (χ2v) is 5.84. The Labute approximate surface area is 117 Å². The van der Waals surface area contributed by atoms with Gasteiger partial charge >= 0.3 is 0 Å². The molecule has 0 bridgehead atoms. The molecule has 1 unspecified atom stereocenters. The molecule has 1 fully saturated rings. The summed E-state index contributed by atoms with van der Waals surface area (Å²) in [5.41, 5.74) is 1.27. The zero-order chi connectivity index (χ0) is 13.2. The first-order chi connectivity index (χ1) is 9.29. The first kappa shape index (κ1) is 12.6. The summed E-state index contributed by atoms with van der Waals surface area (Å²) in [5, 5.41) is 6.74. The van der Waals surface area contributed by atoms with Crippen LogP contribution in [0.25, 0.3) is 10.1 Å². The smallest absolute Gasteiger partial charge is 0.240 e. The van der Waals surface area contributed by atoms with E-state index in [4.69, 9.17) is 0 Å². The average molecular weight is 274 g/mol. The lowest BCUT2D eigenvalue weighted by molar-refractivity contribution is -0.136. The van der Waals surface area contributed by atoms with E-state index < -0.39 is 0 Å². The van der Waals surface area contributed by atoms with Crippen LogP contribution in [0.5, 0.6) is 0 Å². The van der Waals surface area contributed by atoms with Crippen LogP contribution in [0.3, 0.4) is 0 Å². The van der Waals surface area contributed by atoms with Crippen LogP contribution >= 0.6 is 11.3 Å². The van der Waals surface area contributed by atoms with Crippen molar-refractivity contribution in [2.45, 2.75) is 25.9 Å². The standard InChI is InChI=1S/C15H18N2OS/c1-2-13-15(18)17(8-7-16-13)9-11-10-19-14-6-4-3-5-12(11)14/h3-6,10,13,16H,2,7-9H2,1H3. The number of piperazine rings is 1. The first-order valence-corrected chi connectivity index (χ1v) is 7.65. The van der Waals surface area contributed by atoms with Gasteiger partial charge in [0.25, 0.3) is 0 Å². The van der Waals surface area contributed by atoms with Crippen molar-refractivity contribution in [2.24, 2.45) is 0 Å². The fraction of sp³-hybridized carbons (Fsp3) is 0.400. The summed E-state index contributed by atoms with van der Waals surface area (Å²) in [5.74, 6) is 0.240. The Balaban J connectivity index is 1.82. The van der Waals surface area contributed by atoms with E-state index in [1.807, 2.05) is 4.90 Å². The monoisotopic (exact) mass is 274 g/mol. The number of hydrogen-bond acceptors (Lipinski definition) is 3.